The van der Waals surface area contributed by atoms with Crippen molar-refractivity contribution in [1.29, 1.82) is 0 Å². The smallest absolute Gasteiger partial charge is 0.164 e. The summed E-state index contributed by atoms with van der Waals surface area (Å²) >= 11 is 6.27. The molecule has 6 heteroatoms. The summed E-state index contributed by atoms with van der Waals surface area (Å²) in [5.74, 6) is 3.78. The van der Waals surface area contributed by atoms with E-state index in [1.54, 1.807) is 28.4 Å². The molecule has 0 radical (unpaired) electrons. The third-order valence-corrected chi connectivity index (χ3v) is 4.77. The van der Waals surface area contributed by atoms with Crippen LogP contribution in [0.1, 0.15) is 23.1 Å². The number of hydrogen-bond acceptors (Lipinski definition) is 5. The highest BCUT2D eigenvalue weighted by molar-refractivity contribution is 6.18. The fourth-order valence-corrected chi connectivity index (χ4v) is 3.47. The second kappa shape index (κ2) is 7.31. The molecule has 3 rings (SSSR count). The second-order valence-corrected chi connectivity index (χ2v) is 5.97. The summed E-state index contributed by atoms with van der Waals surface area (Å²) in [5.41, 5.74) is 1.98. The number of methoxy groups -OCH3 is 4. The van der Waals surface area contributed by atoms with Gasteiger partial charge in [0.1, 0.15) is 11.9 Å². The first kappa shape index (κ1) is 17.5. The molecule has 2 aromatic rings. The van der Waals surface area contributed by atoms with Crippen molar-refractivity contribution in [3.8, 4) is 28.7 Å². The molecule has 0 N–H and O–H groups in total. The van der Waals surface area contributed by atoms with Crippen LogP contribution < -0.4 is 23.7 Å². The molecular weight excluding hydrogens is 344 g/mol. The average Bonchev–Trinajstić information content (AvgIpc) is 3.03. The Kier molecular flexibility index (Phi) is 5.13. The Bertz CT molecular complexity index is 762. The Morgan fingerprint density at radius 3 is 2.04 bits per heavy atom. The first-order valence-corrected chi connectivity index (χ1v) is 8.40. The number of benzene rings is 2. The Balaban J connectivity index is 2.01. The van der Waals surface area contributed by atoms with Gasteiger partial charge in [0, 0.05) is 23.4 Å². The van der Waals surface area contributed by atoms with E-state index in [0.717, 1.165) is 16.9 Å². The van der Waals surface area contributed by atoms with Crippen LogP contribution in [0.3, 0.4) is 0 Å². The largest absolute Gasteiger partial charge is 0.493 e. The molecule has 2 aromatic carbocycles. The Hall–Kier alpha value is -2.27. The van der Waals surface area contributed by atoms with Crippen molar-refractivity contribution >= 4 is 11.6 Å². The van der Waals surface area contributed by atoms with Gasteiger partial charge in [-0.25, -0.2) is 0 Å². The minimum Gasteiger partial charge on any atom is -0.493 e. The van der Waals surface area contributed by atoms with E-state index in [1.165, 1.54) is 0 Å². The summed E-state index contributed by atoms with van der Waals surface area (Å²) in [6.07, 6.45) is -0.218. The lowest BCUT2D eigenvalue weighted by Gasteiger charge is -2.19. The van der Waals surface area contributed by atoms with Gasteiger partial charge in [0.25, 0.3) is 0 Å². The minimum atomic E-state index is -0.218. The SMILES string of the molecule is COc1ccc(C2Oc3cc(OC)c(OC)cc3C2CCl)cc1OC. The lowest BCUT2D eigenvalue weighted by molar-refractivity contribution is 0.215. The van der Waals surface area contributed by atoms with Gasteiger partial charge in [-0.2, -0.15) is 0 Å². The molecule has 1 heterocycles. The van der Waals surface area contributed by atoms with Crippen LogP contribution in [-0.4, -0.2) is 34.3 Å². The fourth-order valence-electron chi connectivity index (χ4n) is 3.14. The highest BCUT2D eigenvalue weighted by Gasteiger charge is 2.36. The normalized spacial score (nSPS) is 18.3. The van der Waals surface area contributed by atoms with Gasteiger partial charge in [0.05, 0.1) is 28.4 Å². The van der Waals surface area contributed by atoms with Gasteiger partial charge in [-0.15, -0.1) is 11.6 Å². The maximum absolute atomic E-state index is 6.27. The average molecular weight is 365 g/mol. The Labute approximate surface area is 152 Å². The number of ether oxygens (including phenoxy) is 5. The van der Waals surface area contributed by atoms with E-state index in [1.807, 2.05) is 30.3 Å². The van der Waals surface area contributed by atoms with Crippen LogP contribution in [0, 0.1) is 0 Å². The molecule has 134 valence electrons. The molecule has 0 spiro atoms. The fraction of sp³-hybridized carbons (Fsp3) is 0.368. The van der Waals surface area contributed by atoms with Gasteiger partial charge in [-0.05, 0) is 23.8 Å². The van der Waals surface area contributed by atoms with Gasteiger partial charge < -0.3 is 23.7 Å². The predicted molar refractivity (Wildman–Crippen MR) is 95.9 cm³/mol. The van der Waals surface area contributed by atoms with E-state index in [4.69, 9.17) is 35.3 Å². The third-order valence-electron chi connectivity index (χ3n) is 4.44. The topological polar surface area (TPSA) is 46.2 Å². The highest BCUT2D eigenvalue weighted by Crippen LogP contribution is 2.51. The van der Waals surface area contributed by atoms with Crippen LogP contribution in [0.4, 0.5) is 0 Å². The van der Waals surface area contributed by atoms with Gasteiger partial charge in [0.15, 0.2) is 23.0 Å². The van der Waals surface area contributed by atoms with Crippen molar-refractivity contribution < 1.29 is 23.7 Å². The summed E-state index contributed by atoms with van der Waals surface area (Å²) in [6.45, 7) is 0. The van der Waals surface area contributed by atoms with Crippen LogP contribution in [0.15, 0.2) is 30.3 Å². The number of hydrogen-bond donors (Lipinski definition) is 0. The lowest BCUT2D eigenvalue weighted by atomic mass is 9.92. The molecule has 2 atom stereocenters. The van der Waals surface area contributed by atoms with Gasteiger partial charge in [-0.1, -0.05) is 6.07 Å². The second-order valence-electron chi connectivity index (χ2n) is 5.66. The summed E-state index contributed by atoms with van der Waals surface area (Å²) in [6, 6.07) is 9.53. The van der Waals surface area contributed by atoms with Crippen molar-refractivity contribution in [2.24, 2.45) is 0 Å². The zero-order valence-corrected chi connectivity index (χ0v) is 15.4. The van der Waals surface area contributed by atoms with Crippen LogP contribution in [0.5, 0.6) is 28.7 Å². The quantitative estimate of drug-likeness (QED) is 0.720. The van der Waals surface area contributed by atoms with Crippen LogP contribution >= 0.6 is 11.6 Å². The molecule has 2 unspecified atom stereocenters. The van der Waals surface area contributed by atoms with Crippen molar-refractivity contribution in [3.05, 3.63) is 41.5 Å². The number of fused-ring (bicyclic) bond motifs is 1. The van der Waals surface area contributed by atoms with E-state index in [0.29, 0.717) is 28.9 Å². The number of rotatable bonds is 6. The van der Waals surface area contributed by atoms with Crippen molar-refractivity contribution in [3.63, 3.8) is 0 Å². The monoisotopic (exact) mass is 364 g/mol. The maximum atomic E-state index is 6.27. The van der Waals surface area contributed by atoms with Gasteiger partial charge in [0.2, 0.25) is 0 Å². The van der Waals surface area contributed by atoms with E-state index in [-0.39, 0.29) is 12.0 Å². The molecule has 1 aliphatic rings. The first-order valence-electron chi connectivity index (χ1n) is 7.87. The zero-order chi connectivity index (χ0) is 18.0. The molecule has 0 saturated heterocycles. The molecule has 0 saturated carbocycles. The number of halogens is 1. The molecule has 0 amide bonds. The molecule has 0 bridgehead atoms. The van der Waals surface area contributed by atoms with Gasteiger partial charge in [-0.3, -0.25) is 0 Å². The molecule has 25 heavy (non-hydrogen) atoms. The highest BCUT2D eigenvalue weighted by atomic mass is 35.5. The lowest BCUT2D eigenvalue weighted by Crippen LogP contribution is -2.11. The summed E-state index contributed by atoms with van der Waals surface area (Å²) < 4.78 is 27.7. The van der Waals surface area contributed by atoms with E-state index in [2.05, 4.69) is 0 Å². The summed E-state index contributed by atoms with van der Waals surface area (Å²) in [7, 11) is 6.44. The Morgan fingerprint density at radius 1 is 0.840 bits per heavy atom. The summed E-state index contributed by atoms with van der Waals surface area (Å²) in [4.78, 5) is 0. The van der Waals surface area contributed by atoms with E-state index < -0.39 is 0 Å². The first-order chi connectivity index (χ1) is 12.2. The molecule has 1 aliphatic heterocycles. The molecule has 0 fully saturated rings. The van der Waals surface area contributed by atoms with Crippen molar-refractivity contribution in [2.75, 3.05) is 34.3 Å². The maximum Gasteiger partial charge on any atom is 0.164 e. The number of alkyl halides is 1. The van der Waals surface area contributed by atoms with Crippen LogP contribution in [0.25, 0.3) is 0 Å². The zero-order valence-electron chi connectivity index (χ0n) is 14.7. The molecule has 0 aromatic heterocycles. The van der Waals surface area contributed by atoms with Crippen molar-refractivity contribution in [1.82, 2.24) is 0 Å². The predicted octanol–water partition coefficient (Wildman–Crippen LogP) is 4.18. The van der Waals surface area contributed by atoms with Gasteiger partial charge >= 0.3 is 0 Å². The molecule has 5 nitrogen and oxygen atoms in total. The minimum absolute atomic E-state index is 0.00502. The molecule has 0 aliphatic carbocycles. The van der Waals surface area contributed by atoms with Crippen molar-refractivity contribution in [2.45, 2.75) is 12.0 Å². The third kappa shape index (κ3) is 3.04. The van der Waals surface area contributed by atoms with Crippen LogP contribution in [-0.2, 0) is 0 Å². The van der Waals surface area contributed by atoms with E-state index >= 15 is 0 Å². The molecular formula is C19H21ClO5. The van der Waals surface area contributed by atoms with Crippen LogP contribution in [0.2, 0.25) is 0 Å². The Morgan fingerprint density at radius 2 is 1.44 bits per heavy atom. The standard InChI is InChI=1S/C19H21ClO5/c1-21-14-6-5-11(7-16(14)22-2)19-13(10-20)12-8-17(23-3)18(24-4)9-15(12)25-19/h5-9,13,19H,10H2,1-4H3. The summed E-state index contributed by atoms with van der Waals surface area (Å²) in [5, 5.41) is 0. The van der Waals surface area contributed by atoms with E-state index in [9.17, 15) is 0 Å².